The molecular formula is C10H22N2O2S. The van der Waals surface area contributed by atoms with Crippen LogP contribution in [0.2, 0.25) is 0 Å². The predicted molar refractivity (Wildman–Crippen MR) is 62.3 cm³/mol. The second kappa shape index (κ2) is 5.27. The lowest BCUT2D eigenvalue weighted by Gasteiger charge is -2.28. The van der Waals surface area contributed by atoms with Crippen molar-refractivity contribution in [2.24, 2.45) is 5.92 Å². The van der Waals surface area contributed by atoms with Crippen LogP contribution in [0.15, 0.2) is 0 Å². The van der Waals surface area contributed by atoms with Crippen LogP contribution < -0.4 is 5.32 Å². The number of nitrogens with zero attached hydrogens (tertiary/aromatic N) is 1. The maximum atomic E-state index is 12.1. The Morgan fingerprint density at radius 1 is 1.33 bits per heavy atom. The highest BCUT2D eigenvalue weighted by atomic mass is 32.2. The second-order valence-electron chi connectivity index (χ2n) is 4.67. The third-order valence-electron chi connectivity index (χ3n) is 2.76. The molecule has 1 heterocycles. The van der Waals surface area contributed by atoms with Crippen LogP contribution in [0.3, 0.4) is 0 Å². The van der Waals surface area contributed by atoms with E-state index in [0.29, 0.717) is 12.5 Å². The first-order chi connectivity index (χ1) is 6.94. The smallest absolute Gasteiger partial charge is 0.216 e. The summed E-state index contributed by atoms with van der Waals surface area (Å²) in [5, 5.41) is 3.01. The average Bonchev–Trinajstić information content (AvgIpc) is 2.18. The Kier molecular flexibility index (Phi) is 4.55. The van der Waals surface area contributed by atoms with Crippen LogP contribution in [-0.2, 0) is 10.0 Å². The van der Waals surface area contributed by atoms with Gasteiger partial charge in [0.25, 0.3) is 0 Å². The van der Waals surface area contributed by atoms with Crippen molar-refractivity contribution in [3.8, 4) is 0 Å². The number of hydrogen-bond acceptors (Lipinski definition) is 3. The molecule has 0 amide bonds. The normalized spacial score (nSPS) is 20.1. The molecule has 0 atom stereocenters. The Bertz CT molecular complexity index is 282. The third kappa shape index (κ3) is 3.43. The number of hydrogen-bond donors (Lipinski definition) is 1. The number of rotatable bonds is 4. The molecule has 5 heteroatoms. The third-order valence-corrected chi connectivity index (χ3v) is 5.10. The average molecular weight is 234 g/mol. The summed E-state index contributed by atoms with van der Waals surface area (Å²) in [6.07, 6.45) is 1.48. The van der Waals surface area contributed by atoms with E-state index in [1.54, 1.807) is 7.05 Å². The van der Waals surface area contributed by atoms with Gasteiger partial charge in [-0.3, -0.25) is 0 Å². The van der Waals surface area contributed by atoms with Crippen LogP contribution in [0.4, 0.5) is 0 Å². The van der Waals surface area contributed by atoms with Crippen molar-refractivity contribution >= 4 is 10.0 Å². The van der Waals surface area contributed by atoms with Gasteiger partial charge < -0.3 is 5.32 Å². The molecule has 90 valence electrons. The summed E-state index contributed by atoms with van der Waals surface area (Å²) in [7, 11) is -1.37. The number of nitrogens with one attached hydrogen (secondary N) is 1. The summed E-state index contributed by atoms with van der Waals surface area (Å²) in [6.45, 7) is 6.33. The SMILES string of the molecule is CC(C)CN(C)S(=O)(=O)C1CCNCC1. The van der Waals surface area contributed by atoms with Gasteiger partial charge in [0.15, 0.2) is 0 Å². The molecule has 0 aromatic carbocycles. The van der Waals surface area contributed by atoms with Gasteiger partial charge in [-0.2, -0.15) is 0 Å². The maximum Gasteiger partial charge on any atom is 0.216 e. The van der Waals surface area contributed by atoms with Gasteiger partial charge >= 0.3 is 0 Å². The van der Waals surface area contributed by atoms with Crippen LogP contribution in [0, 0.1) is 5.92 Å². The van der Waals surface area contributed by atoms with Gasteiger partial charge in [-0.25, -0.2) is 12.7 Å². The molecule has 1 N–H and O–H groups in total. The molecule has 0 aromatic rings. The van der Waals surface area contributed by atoms with E-state index >= 15 is 0 Å². The first kappa shape index (κ1) is 12.9. The fraction of sp³-hybridized carbons (Fsp3) is 1.00. The van der Waals surface area contributed by atoms with Crippen molar-refractivity contribution < 1.29 is 8.42 Å². The number of piperidine rings is 1. The van der Waals surface area contributed by atoms with Crippen molar-refractivity contribution in [1.29, 1.82) is 0 Å². The lowest BCUT2D eigenvalue weighted by Crippen LogP contribution is -2.43. The molecule has 1 aliphatic heterocycles. The predicted octanol–water partition coefficient (Wildman–Crippen LogP) is 0.656. The van der Waals surface area contributed by atoms with Crippen molar-refractivity contribution in [2.45, 2.75) is 31.9 Å². The zero-order valence-corrected chi connectivity index (χ0v) is 10.7. The van der Waals surface area contributed by atoms with E-state index in [2.05, 4.69) is 5.32 Å². The molecular weight excluding hydrogens is 212 g/mol. The zero-order chi connectivity index (χ0) is 11.5. The van der Waals surface area contributed by atoms with Gasteiger partial charge in [0.1, 0.15) is 0 Å². The fourth-order valence-electron chi connectivity index (χ4n) is 1.97. The highest BCUT2D eigenvalue weighted by molar-refractivity contribution is 7.89. The van der Waals surface area contributed by atoms with Crippen LogP contribution in [-0.4, -0.2) is 44.7 Å². The zero-order valence-electron chi connectivity index (χ0n) is 9.86. The van der Waals surface area contributed by atoms with E-state index in [-0.39, 0.29) is 5.25 Å². The molecule has 0 spiro atoms. The number of sulfonamides is 1. The molecule has 1 saturated heterocycles. The molecule has 0 aromatic heterocycles. The maximum absolute atomic E-state index is 12.1. The molecule has 0 unspecified atom stereocenters. The first-order valence-corrected chi connectivity index (χ1v) is 7.10. The summed E-state index contributed by atoms with van der Waals surface area (Å²) in [6, 6.07) is 0. The van der Waals surface area contributed by atoms with Crippen molar-refractivity contribution in [3.63, 3.8) is 0 Å². The Labute approximate surface area is 93.1 Å². The van der Waals surface area contributed by atoms with E-state index in [9.17, 15) is 8.42 Å². The van der Waals surface area contributed by atoms with Crippen LogP contribution in [0.5, 0.6) is 0 Å². The summed E-state index contributed by atoms with van der Waals surface area (Å²) < 4.78 is 25.8. The minimum Gasteiger partial charge on any atom is -0.317 e. The summed E-state index contributed by atoms with van der Waals surface area (Å²) in [4.78, 5) is 0. The molecule has 0 radical (unpaired) electrons. The summed E-state index contributed by atoms with van der Waals surface area (Å²) >= 11 is 0. The molecule has 0 saturated carbocycles. The molecule has 1 aliphatic rings. The van der Waals surface area contributed by atoms with Crippen molar-refractivity contribution in [3.05, 3.63) is 0 Å². The standard InChI is InChI=1S/C10H22N2O2S/c1-9(2)8-12(3)15(13,14)10-4-6-11-7-5-10/h9-11H,4-8H2,1-3H3. The van der Waals surface area contributed by atoms with E-state index in [1.165, 1.54) is 4.31 Å². The minimum absolute atomic E-state index is 0.178. The van der Waals surface area contributed by atoms with E-state index in [4.69, 9.17) is 0 Å². The first-order valence-electron chi connectivity index (χ1n) is 5.60. The van der Waals surface area contributed by atoms with Crippen LogP contribution in [0.25, 0.3) is 0 Å². The lowest BCUT2D eigenvalue weighted by molar-refractivity contribution is 0.397. The summed E-state index contributed by atoms with van der Waals surface area (Å²) in [5.74, 6) is 0.381. The van der Waals surface area contributed by atoms with Gasteiger partial charge in [-0.15, -0.1) is 0 Å². The van der Waals surface area contributed by atoms with Gasteiger partial charge in [0.2, 0.25) is 10.0 Å². The Hall–Kier alpha value is -0.130. The monoisotopic (exact) mass is 234 g/mol. The van der Waals surface area contributed by atoms with Gasteiger partial charge in [-0.05, 0) is 31.8 Å². The van der Waals surface area contributed by atoms with Crippen LogP contribution >= 0.6 is 0 Å². The lowest BCUT2D eigenvalue weighted by atomic mass is 10.2. The quantitative estimate of drug-likeness (QED) is 0.777. The molecule has 0 aliphatic carbocycles. The minimum atomic E-state index is -3.06. The highest BCUT2D eigenvalue weighted by Crippen LogP contribution is 2.17. The Morgan fingerprint density at radius 3 is 2.33 bits per heavy atom. The van der Waals surface area contributed by atoms with Gasteiger partial charge in [0, 0.05) is 13.6 Å². The largest absolute Gasteiger partial charge is 0.317 e. The molecule has 4 nitrogen and oxygen atoms in total. The molecule has 1 rings (SSSR count). The Balaban J connectivity index is 2.63. The molecule has 1 fully saturated rings. The fourth-order valence-corrected chi connectivity index (χ4v) is 3.81. The molecule has 0 bridgehead atoms. The van der Waals surface area contributed by atoms with Crippen molar-refractivity contribution in [1.82, 2.24) is 9.62 Å². The Morgan fingerprint density at radius 2 is 1.87 bits per heavy atom. The molecule has 15 heavy (non-hydrogen) atoms. The van der Waals surface area contributed by atoms with Gasteiger partial charge in [-0.1, -0.05) is 13.8 Å². The summed E-state index contributed by atoms with van der Waals surface area (Å²) in [5.41, 5.74) is 0. The topological polar surface area (TPSA) is 49.4 Å². The van der Waals surface area contributed by atoms with Crippen molar-refractivity contribution in [2.75, 3.05) is 26.7 Å². The second-order valence-corrected chi connectivity index (χ2v) is 6.99. The van der Waals surface area contributed by atoms with E-state index in [0.717, 1.165) is 25.9 Å². The van der Waals surface area contributed by atoms with E-state index < -0.39 is 10.0 Å². The van der Waals surface area contributed by atoms with Gasteiger partial charge in [0.05, 0.1) is 5.25 Å². The van der Waals surface area contributed by atoms with Crippen LogP contribution in [0.1, 0.15) is 26.7 Å². The highest BCUT2D eigenvalue weighted by Gasteiger charge is 2.30. The van der Waals surface area contributed by atoms with E-state index in [1.807, 2.05) is 13.8 Å².